The molecule has 0 bridgehead atoms. The van der Waals surface area contributed by atoms with Gasteiger partial charge in [-0.15, -0.1) is 0 Å². The van der Waals surface area contributed by atoms with E-state index in [0.29, 0.717) is 12.5 Å². The quantitative estimate of drug-likeness (QED) is 0.612. The Kier molecular flexibility index (Phi) is 4.23. The van der Waals surface area contributed by atoms with Crippen LogP contribution in [0.1, 0.15) is 24.4 Å². The number of aromatic nitrogens is 4. The number of fused-ring (bicyclic) bond motifs is 1. The van der Waals surface area contributed by atoms with E-state index in [0.717, 1.165) is 34.9 Å². The number of hydrogen-bond donors (Lipinski definition) is 3. The zero-order valence-electron chi connectivity index (χ0n) is 14.3. The highest BCUT2D eigenvalue weighted by molar-refractivity contribution is 5.87. The number of nitrogens with one attached hydrogen (secondary N) is 2. The molecule has 2 aromatic heterocycles. The molecule has 0 saturated heterocycles. The lowest BCUT2D eigenvalue weighted by Crippen LogP contribution is -2.21. The number of aryl methyl sites for hydroxylation is 1. The predicted molar refractivity (Wildman–Crippen MR) is 99.4 cm³/mol. The molecule has 2 heterocycles. The normalized spacial score (nSPS) is 15.3. The summed E-state index contributed by atoms with van der Waals surface area (Å²) < 4.78 is 1.77. The van der Waals surface area contributed by atoms with Crippen molar-refractivity contribution in [1.82, 2.24) is 19.7 Å². The van der Waals surface area contributed by atoms with E-state index in [9.17, 15) is 0 Å². The number of rotatable bonds is 7. The zero-order chi connectivity index (χ0) is 17.2. The van der Waals surface area contributed by atoms with Gasteiger partial charge in [-0.1, -0.05) is 30.3 Å². The Balaban J connectivity index is 1.53. The van der Waals surface area contributed by atoms with Crippen LogP contribution < -0.4 is 16.4 Å². The smallest absolute Gasteiger partial charge is 0.226 e. The van der Waals surface area contributed by atoms with E-state index in [1.54, 1.807) is 4.68 Å². The average Bonchev–Trinajstić information content (AvgIpc) is 3.41. The van der Waals surface area contributed by atoms with Crippen LogP contribution in [0.3, 0.4) is 0 Å². The Morgan fingerprint density at radius 2 is 2.00 bits per heavy atom. The second-order valence-corrected chi connectivity index (χ2v) is 6.62. The molecule has 0 radical (unpaired) electrons. The fourth-order valence-corrected chi connectivity index (χ4v) is 2.82. The Bertz CT molecular complexity index is 854. The van der Waals surface area contributed by atoms with Gasteiger partial charge in [-0.2, -0.15) is 15.1 Å². The highest BCUT2D eigenvalue weighted by Crippen LogP contribution is 2.30. The average molecular weight is 337 g/mol. The highest BCUT2D eigenvalue weighted by Gasteiger charge is 2.22. The molecule has 1 unspecified atom stereocenters. The van der Waals surface area contributed by atoms with Gasteiger partial charge in [-0.3, -0.25) is 4.68 Å². The van der Waals surface area contributed by atoms with Gasteiger partial charge in [0.25, 0.3) is 0 Å². The van der Waals surface area contributed by atoms with Crippen LogP contribution in [0.5, 0.6) is 0 Å². The fraction of sp³-hybridized carbons (Fsp3) is 0.389. The van der Waals surface area contributed by atoms with Gasteiger partial charge in [-0.05, 0) is 24.3 Å². The molecular formula is C18H23N7. The Labute approximate surface area is 146 Å². The summed E-state index contributed by atoms with van der Waals surface area (Å²) in [6.45, 7) is 1.51. The summed E-state index contributed by atoms with van der Waals surface area (Å²) in [5, 5.41) is 12.0. The number of nitrogens with two attached hydrogens (primary N) is 1. The summed E-state index contributed by atoms with van der Waals surface area (Å²) in [5.74, 6) is 2.17. The van der Waals surface area contributed by atoms with Gasteiger partial charge in [0.15, 0.2) is 5.65 Å². The molecule has 4 N–H and O–H groups in total. The number of benzene rings is 1. The number of anilines is 2. The molecule has 130 valence electrons. The third-order valence-corrected chi connectivity index (χ3v) is 4.56. The van der Waals surface area contributed by atoms with Crippen molar-refractivity contribution in [3.63, 3.8) is 0 Å². The van der Waals surface area contributed by atoms with Crippen molar-refractivity contribution in [3.05, 3.63) is 42.1 Å². The van der Waals surface area contributed by atoms with Crippen LogP contribution >= 0.6 is 0 Å². The standard InChI is InChI=1S/C18H23N7/c1-25-17-14(10-22-25)16(20-9-12-7-8-12)23-18(24-17)21-11-15(19)13-5-3-2-4-6-13/h2-6,10,12,15H,7-9,11,19H2,1H3,(H2,20,21,23,24). The van der Waals surface area contributed by atoms with Gasteiger partial charge in [0.2, 0.25) is 5.95 Å². The van der Waals surface area contributed by atoms with E-state index in [4.69, 9.17) is 5.73 Å². The molecule has 1 fully saturated rings. The van der Waals surface area contributed by atoms with Gasteiger partial charge < -0.3 is 16.4 Å². The minimum absolute atomic E-state index is 0.116. The van der Waals surface area contributed by atoms with Crippen LogP contribution in [0.25, 0.3) is 11.0 Å². The van der Waals surface area contributed by atoms with Crippen LogP contribution in [-0.4, -0.2) is 32.8 Å². The van der Waals surface area contributed by atoms with Crippen molar-refractivity contribution in [2.75, 3.05) is 23.7 Å². The molecule has 0 spiro atoms. The molecule has 1 atom stereocenters. The third kappa shape index (κ3) is 3.56. The van der Waals surface area contributed by atoms with Gasteiger partial charge in [0, 0.05) is 26.2 Å². The summed E-state index contributed by atoms with van der Waals surface area (Å²) in [6, 6.07) is 9.91. The molecule has 0 amide bonds. The molecule has 1 aliphatic rings. The highest BCUT2D eigenvalue weighted by atomic mass is 15.3. The first-order valence-electron chi connectivity index (χ1n) is 8.68. The van der Waals surface area contributed by atoms with Crippen LogP contribution in [0.2, 0.25) is 0 Å². The van der Waals surface area contributed by atoms with Gasteiger partial charge >= 0.3 is 0 Å². The van der Waals surface area contributed by atoms with E-state index in [-0.39, 0.29) is 6.04 Å². The van der Waals surface area contributed by atoms with E-state index in [2.05, 4.69) is 25.7 Å². The molecule has 0 aliphatic heterocycles. The van der Waals surface area contributed by atoms with Crippen molar-refractivity contribution >= 4 is 22.8 Å². The minimum atomic E-state index is -0.116. The van der Waals surface area contributed by atoms with E-state index in [1.165, 1.54) is 12.8 Å². The summed E-state index contributed by atoms with van der Waals surface area (Å²) in [5.41, 5.74) is 8.15. The molecule has 4 rings (SSSR count). The SMILES string of the molecule is Cn1ncc2c(NCC3CC3)nc(NCC(N)c3ccccc3)nc21. The maximum Gasteiger partial charge on any atom is 0.226 e. The first kappa shape index (κ1) is 15.8. The monoisotopic (exact) mass is 337 g/mol. The number of nitrogens with zero attached hydrogens (tertiary/aromatic N) is 4. The topological polar surface area (TPSA) is 93.7 Å². The van der Waals surface area contributed by atoms with Crippen molar-refractivity contribution in [3.8, 4) is 0 Å². The summed E-state index contributed by atoms with van der Waals surface area (Å²) in [6.07, 6.45) is 4.40. The lowest BCUT2D eigenvalue weighted by atomic mass is 10.1. The van der Waals surface area contributed by atoms with Crippen LogP contribution in [0.4, 0.5) is 11.8 Å². The molecule has 1 saturated carbocycles. The molecular weight excluding hydrogens is 314 g/mol. The van der Waals surface area contributed by atoms with Crippen molar-refractivity contribution in [1.29, 1.82) is 0 Å². The van der Waals surface area contributed by atoms with E-state index < -0.39 is 0 Å². The maximum absolute atomic E-state index is 6.26. The van der Waals surface area contributed by atoms with Crippen molar-refractivity contribution < 1.29 is 0 Å². The van der Waals surface area contributed by atoms with Crippen molar-refractivity contribution in [2.45, 2.75) is 18.9 Å². The fourth-order valence-electron chi connectivity index (χ4n) is 2.82. The Morgan fingerprint density at radius 1 is 1.20 bits per heavy atom. The summed E-state index contributed by atoms with van der Waals surface area (Å²) in [4.78, 5) is 9.22. The third-order valence-electron chi connectivity index (χ3n) is 4.56. The molecule has 7 nitrogen and oxygen atoms in total. The molecule has 7 heteroatoms. The summed E-state index contributed by atoms with van der Waals surface area (Å²) in [7, 11) is 1.89. The van der Waals surface area contributed by atoms with Gasteiger partial charge in [0.05, 0.1) is 11.6 Å². The minimum Gasteiger partial charge on any atom is -0.369 e. The first-order valence-corrected chi connectivity index (χ1v) is 8.68. The van der Waals surface area contributed by atoms with E-state index in [1.807, 2.05) is 43.6 Å². The lowest BCUT2D eigenvalue weighted by Gasteiger charge is -2.14. The maximum atomic E-state index is 6.26. The van der Waals surface area contributed by atoms with Gasteiger partial charge in [-0.25, -0.2) is 0 Å². The molecule has 3 aromatic rings. The number of hydrogen-bond acceptors (Lipinski definition) is 6. The van der Waals surface area contributed by atoms with Crippen LogP contribution in [0, 0.1) is 5.92 Å². The second-order valence-electron chi connectivity index (χ2n) is 6.62. The van der Waals surface area contributed by atoms with Gasteiger partial charge in [0.1, 0.15) is 5.82 Å². The molecule has 1 aliphatic carbocycles. The largest absolute Gasteiger partial charge is 0.369 e. The van der Waals surface area contributed by atoms with Crippen molar-refractivity contribution in [2.24, 2.45) is 18.7 Å². The van der Waals surface area contributed by atoms with E-state index >= 15 is 0 Å². The molecule has 25 heavy (non-hydrogen) atoms. The lowest BCUT2D eigenvalue weighted by molar-refractivity contribution is 0.756. The second kappa shape index (κ2) is 6.68. The van der Waals surface area contributed by atoms with Crippen LogP contribution in [0.15, 0.2) is 36.5 Å². The zero-order valence-corrected chi connectivity index (χ0v) is 14.3. The molecule has 1 aromatic carbocycles. The Hall–Kier alpha value is -2.67. The first-order chi connectivity index (χ1) is 12.2. The van der Waals surface area contributed by atoms with Crippen LogP contribution in [-0.2, 0) is 7.05 Å². The summed E-state index contributed by atoms with van der Waals surface area (Å²) >= 11 is 0. The predicted octanol–water partition coefficient (Wildman–Crippen LogP) is 2.30. The Morgan fingerprint density at radius 3 is 2.76 bits per heavy atom.